The van der Waals surface area contributed by atoms with Gasteiger partial charge in [0, 0.05) is 23.8 Å². The van der Waals surface area contributed by atoms with Gasteiger partial charge in [0.2, 0.25) is 5.91 Å². The lowest BCUT2D eigenvalue weighted by Gasteiger charge is -2.26. The van der Waals surface area contributed by atoms with Crippen molar-refractivity contribution < 1.29 is 14.8 Å². The van der Waals surface area contributed by atoms with E-state index in [1.54, 1.807) is 0 Å². The first kappa shape index (κ1) is 14.9. The van der Waals surface area contributed by atoms with Crippen molar-refractivity contribution in [2.24, 2.45) is 5.73 Å². The van der Waals surface area contributed by atoms with E-state index in [0.717, 1.165) is 6.07 Å². The molecule has 4 N–H and O–H groups in total. The van der Waals surface area contributed by atoms with Gasteiger partial charge in [-0.3, -0.25) is 14.9 Å². The van der Waals surface area contributed by atoms with Crippen LogP contribution in [0, 0.1) is 10.1 Å². The minimum absolute atomic E-state index is 0.0346. The number of nitrogens with two attached hydrogens (primary N) is 1. The molecule has 0 aromatic heterocycles. The minimum Gasteiger partial charge on any atom is -0.396 e. The second-order valence-electron chi connectivity index (χ2n) is 4.84. The second kappa shape index (κ2) is 5.66. The van der Waals surface area contributed by atoms with E-state index in [-0.39, 0.29) is 23.5 Å². The van der Waals surface area contributed by atoms with Gasteiger partial charge in [-0.25, -0.2) is 0 Å². The van der Waals surface area contributed by atoms with E-state index in [9.17, 15) is 14.9 Å². The summed E-state index contributed by atoms with van der Waals surface area (Å²) in [6.07, 6.45) is 0.432. The molecule has 1 aromatic carbocycles. The van der Waals surface area contributed by atoms with Gasteiger partial charge in [0.15, 0.2) is 0 Å². The van der Waals surface area contributed by atoms with Crippen LogP contribution in [-0.2, 0) is 0 Å². The maximum atomic E-state index is 11.0. The Morgan fingerprint density at radius 1 is 1.53 bits per heavy atom. The van der Waals surface area contributed by atoms with E-state index in [4.69, 9.17) is 10.8 Å². The number of amides is 1. The SMILES string of the molecule is CC(C)(CCO)Nc1ccc(C(N)=O)cc1[N+](=O)[O-]. The number of nitrogens with zero attached hydrogens (tertiary/aromatic N) is 1. The molecule has 0 bridgehead atoms. The van der Waals surface area contributed by atoms with E-state index in [2.05, 4.69) is 5.32 Å². The predicted octanol–water partition coefficient (Wildman–Crippen LogP) is 1.27. The monoisotopic (exact) mass is 267 g/mol. The maximum Gasteiger partial charge on any atom is 0.293 e. The molecule has 7 nitrogen and oxygen atoms in total. The van der Waals surface area contributed by atoms with Crippen LogP contribution in [0.3, 0.4) is 0 Å². The van der Waals surface area contributed by atoms with E-state index in [1.165, 1.54) is 12.1 Å². The van der Waals surface area contributed by atoms with Gasteiger partial charge in [0.25, 0.3) is 5.69 Å². The molecule has 0 aliphatic heterocycles. The number of aliphatic hydroxyl groups excluding tert-OH is 1. The van der Waals surface area contributed by atoms with Crippen molar-refractivity contribution in [1.29, 1.82) is 0 Å². The molecule has 0 spiro atoms. The molecule has 0 atom stereocenters. The number of rotatable bonds is 6. The number of anilines is 1. The Morgan fingerprint density at radius 2 is 2.16 bits per heavy atom. The standard InChI is InChI=1S/C12H17N3O4/c1-12(2,5-6-16)14-9-4-3-8(11(13)17)7-10(9)15(18)19/h3-4,7,14,16H,5-6H2,1-2H3,(H2,13,17). The third-order valence-corrected chi connectivity index (χ3v) is 2.69. The van der Waals surface area contributed by atoms with Crippen molar-refractivity contribution >= 4 is 17.3 Å². The van der Waals surface area contributed by atoms with Crippen LogP contribution >= 0.6 is 0 Å². The lowest BCUT2D eigenvalue weighted by atomic mass is 10.00. The van der Waals surface area contributed by atoms with E-state index < -0.39 is 16.4 Å². The molecule has 104 valence electrons. The molecule has 0 heterocycles. The zero-order valence-corrected chi connectivity index (χ0v) is 10.8. The zero-order valence-electron chi connectivity index (χ0n) is 10.8. The molecule has 0 aliphatic carbocycles. The quantitative estimate of drug-likeness (QED) is 0.529. The van der Waals surface area contributed by atoms with Crippen LogP contribution in [0.25, 0.3) is 0 Å². The van der Waals surface area contributed by atoms with Crippen molar-refractivity contribution in [1.82, 2.24) is 0 Å². The number of benzene rings is 1. The predicted molar refractivity (Wildman–Crippen MR) is 71.0 cm³/mol. The first-order valence-corrected chi connectivity index (χ1v) is 5.74. The highest BCUT2D eigenvalue weighted by atomic mass is 16.6. The minimum atomic E-state index is -0.718. The average Bonchev–Trinajstić information content (AvgIpc) is 2.27. The number of nitro benzene ring substituents is 1. The molecule has 7 heteroatoms. The summed E-state index contributed by atoms with van der Waals surface area (Å²) in [6.45, 7) is 3.59. The largest absolute Gasteiger partial charge is 0.396 e. The number of carbonyl (C=O) groups is 1. The number of carbonyl (C=O) groups excluding carboxylic acids is 1. The van der Waals surface area contributed by atoms with Crippen LogP contribution < -0.4 is 11.1 Å². The molecular formula is C12H17N3O4. The number of hydrogen-bond acceptors (Lipinski definition) is 5. The van der Waals surface area contributed by atoms with Crippen molar-refractivity contribution in [2.45, 2.75) is 25.8 Å². The molecule has 19 heavy (non-hydrogen) atoms. The Labute approximate surface area is 110 Å². The van der Waals surface area contributed by atoms with Gasteiger partial charge in [-0.15, -0.1) is 0 Å². The molecule has 1 aromatic rings. The fourth-order valence-corrected chi connectivity index (χ4v) is 1.65. The van der Waals surface area contributed by atoms with Crippen molar-refractivity contribution in [3.8, 4) is 0 Å². The van der Waals surface area contributed by atoms with Crippen LogP contribution in [0.5, 0.6) is 0 Å². The second-order valence-corrected chi connectivity index (χ2v) is 4.84. The van der Waals surface area contributed by atoms with E-state index in [0.29, 0.717) is 6.42 Å². The molecule has 1 amide bonds. The van der Waals surface area contributed by atoms with Gasteiger partial charge in [0.05, 0.1) is 4.92 Å². The normalized spacial score (nSPS) is 11.1. The summed E-state index contributed by atoms with van der Waals surface area (Å²) in [5.41, 5.74) is 4.73. The smallest absolute Gasteiger partial charge is 0.293 e. The highest BCUT2D eigenvalue weighted by Crippen LogP contribution is 2.29. The fourth-order valence-electron chi connectivity index (χ4n) is 1.65. The highest BCUT2D eigenvalue weighted by Gasteiger charge is 2.23. The molecule has 0 radical (unpaired) electrons. The lowest BCUT2D eigenvalue weighted by molar-refractivity contribution is -0.384. The summed E-state index contributed by atoms with van der Waals surface area (Å²) in [7, 11) is 0. The van der Waals surface area contributed by atoms with Crippen molar-refractivity contribution in [3.05, 3.63) is 33.9 Å². The zero-order chi connectivity index (χ0) is 14.6. The third kappa shape index (κ3) is 3.92. The topological polar surface area (TPSA) is 118 Å². The molecule has 0 unspecified atom stereocenters. The number of hydrogen-bond donors (Lipinski definition) is 3. The summed E-state index contributed by atoms with van der Waals surface area (Å²) in [6, 6.07) is 4.00. The molecule has 1 rings (SSSR count). The van der Waals surface area contributed by atoms with Gasteiger partial charge >= 0.3 is 0 Å². The first-order valence-electron chi connectivity index (χ1n) is 5.74. The summed E-state index contributed by atoms with van der Waals surface area (Å²) in [5.74, 6) is -0.718. The Hall–Kier alpha value is -2.15. The van der Waals surface area contributed by atoms with Crippen LogP contribution in [-0.4, -0.2) is 28.1 Å². The Balaban J connectivity index is 3.14. The van der Waals surface area contributed by atoms with Gasteiger partial charge in [-0.05, 0) is 32.4 Å². The molecular weight excluding hydrogens is 250 g/mol. The fraction of sp³-hybridized carbons (Fsp3) is 0.417. The number of nitrogens with one attached hydrogen (secondary N) is 1. The Morgan fingerprint density at radius 3 is 2.63 bits per heavy atom. The van der Waals surface area contributed by atoms with Crippen LogP contribution in [0.2, 0.25) is 0 Å². The van der Waals surface area contributed by atoms with Crippen LogP contribution in [0.15, 0.2) is 18.2 Å². The molecule has 0 fully saturated rings. The first-order chi connectivity index (χ1) is 8.76. The Bertz CT molecular complexity index is 500. The van der Waals surface area contributed by atoms with Gasteiger partial charge < -0.3 is 16.2 Å². The number of aliphatic hydroxyl groups is 1. The molecule has 0 aliphatic rings. The third-order valence-electron chi connectivity index (χ3n) is 2.69. The summed E-state index contributed by atoms with van der Waals surface area (Å²) >= 11 is 0. The Kier molecular flexibility index (Phi) is 4.44. The lowest BCUT2D eigenvalue weighted by Crippen LogP contribution is -2.32. The van der Waals surface area contributed by atoms with E-state index >= 15 is 0 Å². The van der Waals surface area contributed by atoms with Gasteiger partial charge in [0.1, 0.15) is 5.69 Å². The van der Waals surface area contributed by atoms with Gasteiger partial charge in [-0.2, -0.15) is 0 Å². The molecule has 0 saturated heterocycles. The average molecular weight is 267 g/mol. The van der Waals surface area contributed by atoms with Crippen LogP contribution in [0.4, 0.5) is 11.4 Å². The summed E-state index contributed by atoms with van der Waals surface area (Å²) in [4.78, 5) is 21.4. The van der Waals surface area contributed by atoms with Crippen LogP contribution in [0.1, 0.15) is 30.6 Å². The van der Waals surface area contributed by atoms with E-state index in [1.807, 2.05) is 13.8 Å². The van der Waals surface area contributed by atoms with Crippen molar-refractivity contribution in [3.63, 3.8) is 0 Å². The molecule has 0 saturated carbocycles. The maximum absolute atomic E-state index is 11.0. The van der Waals surface area contributed by atoms with Crippen molar-refractivity contribution in [2.75, 3.05) is 11.9 Å². The number of nitro groups is 1. The number of primary amides is 1. The highest BCUT2D eigenvalue weighted by molar-refractivity contribution is 5.94. The summed E-state index contributed by atoms with van der Waals surface area (Å²) in [5, 5.41) is 22.9. The summed E-state index contributed by atoms with van der Waals surface area (Å²) < 4.78 is 0. The van der Waals surface area contributed by atoms with Gasteiger partial charge in [-0.1, -0.05) is 0 Å².